The van der Waals surface area contributed by atoms with Gasteiger partial charge in [0.2, 0.25) is 11.8 Å². The van der Waals surface area contributed by atoms with Crippen molar-refractivity contribution in [2.24, 2.45) is 5.92 Å². The molecule has 0 saturated carbocycles. The predicted molar refractivity (Wildman–Crippen MR) is 83.7 cm³/mol. The van der Waals surface area contributed by atoms with Gasteiger partial charge in [0, 0.05) is 11.3 Å². The van der Waals surface area contributed by atoms with E-state index in [1.54, 1.807) is 19.9 Å². The van der Waals surface area contributed by atoms with E-state index in [-0.39, 0.29) is 18.2 Å². The van der Waals surface area contributed by atoms with Crippen molar-refractivity contribution in [2.75, 3.05) is 5.32 Å². The SMILES string of the molecule is CC(C)[C@@H](NC(=O)C[C@H]1Sc2ccccc2NC1=O)C(=O)O. The lowest BCUT2D eigenvalue weighted by atomic mass is 10.0. The Hall–Kier alpha value is -2.02. The highest BCUT2D eigenvalue weighted by Gasteiger charge is 2.30. The Labute approximate surface area is 132 Å². The molecule has 1 aromatic carbocycles. The molecular formula is C15H18N2O4S. The number of amides is 2. The summed E-state index contributed by atoms with van der Waals surface area (Å²) in [5, 5.41) is 13.8. The number of thioether (sulfide) groups is 1. The van der Waals surface area contributed by atoms with Crippen LogP contribution in [-0.4, -0.2) is 34.2 Å². The first-order valence-corrected chi connectivity index (χ1v) is 7.85. The second kappa shape index (κ2) is 6.83. The standard InChI is InChI=1S/C15H18N2O4S/c1-8(2)13(15(20)21)17-12(18)7-11-14(19)16-9-5-3-4-6-10(9)22-11/h3-6,8,11,13H,7H2,1-2H3,(H,16,19)(H,17,18)(H,20,21)/t11-,13-/m1/s1. The summed E-state index contributed by atoms with van der Waals surface area (Å²) in [5.74, 6) is -1.98. The van der Waals surface area contributed by atoms with E-state index < -0.39 is 23.2 Å². The summed E-state index contributed by atoms with van der Waals surface area (Å²) in [4.78, 5) is 36.0. The van der Waals surface area contributed by atoms with E-state index in [1.807, 2.05) is 18.2 Å². The molecule has 7 heteroatoms. The number of carboxylic acids is 1. The van der Waals surface area contributed by atoms with Crippen LogP contribution in [0.25, 0.3) is 0 Å². The lowest BCUT2D eigenvalue weighted by molar-refractivity contribution is -0.143. The van der Waals surface area contributed by atoms with Crippen molar-refractivity contribution in [1.29, 1.82) is 0 Å². The number of fused-ring (bicyclic) bond motifs is 1. The molecule has 0 aromatic heterocycles. The fourth-order valence-electron chi connectivity index (χ4n) is 2.14. The Kier molecular flexibility index (Phi) is 5.07. The normalized spacial score (nSPS) is 18.3. The van der Waals surface area contributed by atoms with Crippen LogP contribution in [0.15, 0.2) is 29.2 Å². The molecule has 0 radical (unpaired) electrons. The van der Waals surface area contributed by atoms with Crippen LogP contribution in [0.5, 0.6) is 0 Å². The van der Waals surface area contributed by atoms with E-state index in [0.717, 1.165) is 10.6 Å². The number of para-hydroxylation sites is 1. The number of carbonyl (C=O) groups excluding carboxylic acids is 2. The molecule has 0 spiro atoms. The monoisotopic (exact) mass is 322 g/mol. The number of aliphatic carboxylic acids is 1. The highest BCUT2D eigenvalue weighted by molar-refractivity contribution is 8.01. The molecule has 1 aromatic rings. The second-order valence-electron chi connectivity index (χ2n) is 5.42. The Morgan fingerprint density at radius 3 is 2.68 bits per heavy atom. The van der Waals surface area contributed by atoms with Gasteiger partial charge in [-0.25, -0.2) is 4.79 Å². The van der Waals surface area contributed by atoms with Gasteiger partial charge in [-0.1, -0.05) is 26.0 Å². The maximum Gasteiger partial charge on any atom is 0.326 e. The van der Waals surface area contributed by atoms with Crippen LogP contribution in [0, 0.1) is 5.92 Å². The first-order chi connectivity index (χ1) is 10.4. The van der Waals surface area contributed by atoms with Gasteiger partial charge in [0.25, 0.3) is 0 Å². The van der Waals surface area contributed by atoms with Crippen molar-refractivity contribution in [2.45, 2.75) is 36.5 Å². The van der Waals surface area contributed by atoms with Gasteiger partial charge in [0.1, 0.15) is 6.04 Å². The number of nitrogens with one attached hydrogen (secondary N) is 2. The fourth-order valence-corrected chi connectivity index (χ4v) is 3.25. The second-order valence-corrected chi connectivity index (χ2v) is 6.67. The zero-order valence-corrected chi connectivity index (χ0v) is 13.1. The largest absolute Gasteiger partial charge is 0.480 e. The maximum atomic E-state index is 12.0. The number of carbonyl (C=O) groups is 3. The number of hydrogen-bond donors (Lipinski definition) is 3. The minimum Gasteiger partial charge on any atom is -0.480 e. The van der Waals surface area contributed by atoms with Crippen LogP contribution >= 0.6 is 11.8 Å². The Morgan fingerprint density at radius 2 is 2.05 bits per heavy atom. The highest BCUT2D eigenvalue weighted by Crippen LogP contribution is 2.36. The molecule has 0 saturated heterocycles. The van der Waals surface area contributed by atoms with E-state index in [2.05, 4.69) is 10.6 Å². The average Bonchev–Trinajstić information content (AvgIpc) is 2.45. The highest BCUT2D eigenvalue weighted by atomic mass is 32.2. The Bertz CT molecular complexity index is 603. The van der Waals surface area contributed by atoms with Crippen LogP contribution in [0.1, 0.15) is 20.3 Å². The van der Waals surface area contributed by atoms with Crippen LogP contribution in [0.4, 0.5) is 5.69 Å². The first kappa shape index (κ1) is 16.4. The molecule has 1 aliphatic rings. The van der Waals surface area contributed by atoms with Gasteiger partial charge in [-0.3, -0.25) is 9.59 Å². The molecule has 2 amide bonds. The minimum atomic E-state index is -1.07. The van der Waals surface area contributed by atoms with E-state index in [4.69, 9.17) is 5.11 Å². The van der Waals surface area contributed by atoms with E-state index in [0.29, 0.717) is 0 Å². The summed E-state index contributed by atoms with van der Waals surface area (Å²) >= 11 is 1.32. The topological polar surface area (TPSA) is 95.5 Å². The molecule has 0 unspecified atom stereocenters. The van der Waals surface area contributed by atoms with Gasteiger partial charge in [0.15, 0.2) is 0 Å². The van der Waals surface area contributed by atoms with Crippen LogP contribution in [-0.2, 0) is 14.4 Å². The summed E-state index contributed by atoms with van der Waals surface area (Å²) in [5.41, 5.74) is 0.736. The lowest BCUT2D eigenvalue weighted by Crippen LogP contribution is -2.46. The van der Waals surface area contributed by atoms with Crippen molar-refractivity contribution in [3.63, 3.8) is 0 Å². The van der Waals surface area contributed by atoms with Gasteiger partial charge in [-0.05, 0) is 18.1 Å². The number of hydrogen-bond acceptors (Lipinski definition) is 4. The zero-order valence-electron chi connectivity index (χ0n) is 12.3. The van der Waals surface area contributed by atoms with Crippen LogP contribution in [0.3, 0.4) is 0 Å². The molecule has 0 bridgehead atoms. The Balaban J connectivity index is 2.00. The zero-order chi connectivity index (χ0) is 16.3. The molecule has 118 valence electrons. The van der Waals surface area contributed by atoms with Crippen LogP contribution in [0.2, 0.25) is 0 Å². The quantitative estimate of drug-likeness (QED) is 0.767. The van der Waals surface area contributed by atoms with Crippen molar-refractivity contribution in [3.8, 4) is 0 Å². The molecule has 2 rings (SSSR count). The van der Waals surface area contributed by atoms with Crippen molar-refractivity contribution >= 4 is 35.2 Å². The third-order valence-corrected chi connectivity index (χ3v) is 4.60. The molecule has 1 aliphatic heterocycles. The summed E-state index contributed by atoms with van der Waals surface area (Å²) < 4.78 is 0. The number of rotatable bonds is 5. The summed E-state index contributed by atoms with van der Waals surface area (Å²) in [7, 11) is 0. The van der Waals surface area contributed by atoms with Gasteiger partial charge in [0.05, 0.1) is 10.9 Å². The van der Waals surface area contributed by atoms with E-state index >= 15 is 0 Å². The van der Waals surface area contributed by atoms with Crippen molar-refractivity contribution in [3.05, 3.63) is 24.3 Å². The maximum absolute atomic E-state index is 12.0. The van der Waals surface area contributed by atoms with Crippen molar-refractivity contribution in [1.82, 2.24) is 5.32 Å². The van der Waals surface area contributed by atoms with Gasteiger partial charge >= 0.3 is 5.97 Å². The molecule has 0 aliphatic carbocycles. The molecule has 22 heavy (non-hydrogen) atoms. The Morgan fingerprint density at radius 1 is 1.36 bits per heavy atom. The molecule has 1 heterocycles. The van der Waals surface area contributed by atoms with Gasteiger partial charge < -0.3 is 15.7 Å². The summed E-state index contributed by atoms with van der Waals surface area (Å²) in [6.07, 6.45) is -0.0542. The molecular weight excluding hydrogens is 304 g/mol. The first-order valence-electron chi connectivity index (χ1n) is 6.97. The molecule has 2 atom stereocenters. The third kappa shape index (κ3) is 3.79. The average molecular weight is 322 g/mol. The minimum absolute atomic E-state index is 0.0542. The van der Waals surface area contributed by atoms with E-state index in [1.165, 1.54) is 11.8 Å². The molecule has 6 nitrogen and oxygen atoms in total. The van der Waals surface area contributed by atoms with Gasteiger partial charge in [-0.15, -0.1) is 11.8 Å². The predicted octanol–water partition coefficient (Wildman–Crippen LogP) is 1.71. The number of benzene rings is 1. The molecule has 0 fully saturated rings. The summed E-state index contributed by atoms with van der Waals surface area (Å²) in [6, 6.07) is 6.41. The lowest BCUT2D eigenvalue weighted by Gasteiger charge is -2.24. The van der Waals surface area contributed by atoms with E-state index in [9.17, 15) is 14.4 Å². The van der Waals surface area contributed by atoms with Crippen molar-refractivity contribution < 1.29 is 19.5 Å². The smallest absolute Gasteiger partial charge is 0.326 e. The fraction of sp³-hybridized carbons (Fsp3) is 0.400. The summed E-state index contributed by atoms with van der Waals surface area (Å²) in [6.45, 7) is 3.44. The number of anilines is 1. The third-order valence-electron chi connectivity index (χ3n) is 3.33. The van der Waals surface area contributed by atoms with Crippen LogP contribution < -0.4 is 10.6 Å². The number of carboxylic acid groups (broad SMARTS) is 1. The molecule has 3 N–H and O–H groups in total. The van der Waals surface area contributed by atoms with Gasteiger partial charge in [-0.2, -0.15) is 0 Å².